The summed E-state index contributed by atoms with van der Waals surface area (Å²) in [4.78, 5) is 12.0. The van der Waals surface area contributed by atoms with E-state index in [2.05, 4.69) is 0 Å². The van der Waals surface area contributed by atoms with Gasteiger partial charge in [0.1, 0.15) is 5.78 Å². The van der Waals surface area contributed by atoms with Gasteiger partial charge in [-0.2, -0.15) is 23.5 Å². The topological polar surface area (TPSA) is 55.8 Å². The van der Waals surface area contributed by atoms with E-state index in [1.165, 1.54) is 0 Å². The molecule has 0 aromatic rings. The lowest BCUT2D eigenvalue weighted by atomic mass is 9.82. The molecule has 0 bridgehead atoms. The zero-order valence-electron chi connectivity index (χ0n) is 10.9. The van der Waals surface area contributed by atoms with E-state index in [9.17, 15) is 9.90 Å². The predicted octanol–water partition coefficient (Wildman–Crippen LogP) is 1.17. The molecule has 3 rings (SSSR count). The first-order valence-electron chi connectivity index (χ1n) is 6.87. The van der Waals surface area contributed by atoms with Crippen LogP contribution in [0.4, 0.5) is 0 Å². The Kier molecular flexibility index (Phi) is 4.43. The molecule has 0 aliphatic carbocycles. The maximum absolute atomic E-state index is 12.0. The molecule has 4 nitrogen and oxygen atoms in total. The van der Waals surface area contributed by atoms with Crippen LogP contribution >= 0.6 is 23.5 Å². The molecule has 0 aromatic heterocycles. The third kappa shape index (κ3) is 2.70. The number of Topliss-reactive ketones (excluding diaryl/α,β-unsaturated/α-hetero) is 1. The molecule has 3 aliphatic rings. The van der Waals surface area contributed by atoms with Crippen molar-refractivity contribution in [1.29, 1.82) is 0 Å². The number of carbonyl (C=O) groups excluding carboxylic acids is 1. The van der Waals surface area contributed by atoms with Crippen molar-refractivity contribution in [1.82, 2.24) is 0 Å². The van der Waals surface area contributed by atoms with Gasteiger partial charge in [0.05, 0.1) is 25.2 Å². The van der Waals surface area contributed by atoms with Crippen molar-refractivity contribution in [3.63, 3.8) is 0 Å². The highest BCUT2D eigenvalue weighted by molar-refractivity contribution is 7.99. The van der Waals surface area contributed by atoms with Crippen LogP contribution in [0.1, 0.15) is 12.8 Å². The Morgan fingerprint density at radius 3 is 2.68 bits per heavy atom. The maximum Gasteiger partial charge on any atom is 0.175 e. The largest absolute Gasteiger partial charge is 0.392 e. The molecule has 0 unspecified atom stereocenters. The number of carbonyl (C=O) groups is 1. The Morgan fingerprint density at radius 2 is 1.95 bits per heavy atom. The molecule has 0 amide bonds. The molecule has 3 heterocycles. The summed E-state index contributed by atoms with van der Waals surface area (Å²) in [6, 6.07) is 0. The molecule has 19 heavy (non-hydrogen) atoms. The SMILES string of the molecule is O=C1CCSC[C@@H]1[C@H](O)[C@@H]1CSCCC12OCCO2. The van der Waals surface area contributed by atoms with Crippen LogP contribution in [-0.4, -0.2) is 59.0 Å². The van der Waals surface area contributed by atoms with E-state index in [1.54, 1.807) is 11.8 Å². The van der Waals surface area contributed by atoms with Crippen LogP contribution in [0.25, 0.3) is 0 Å². The van der Waals surface area contributed by atoms with E-state index in [1.807, 2.05) is 11.8 Å². The molecule has 1 N–H and O–H groups in total. The van der Waals surface area contributed by atoms with E-state index < -0.39 is 11.9 Å². The lowest BCUT2D eigenvalue weighted by Crippen LogP contribution is -2.53. The molecule has 108 valence electrons. The van der Waals surface area contributed by atoms with Crippen LogP contribution < -0.4 is 0 Å². The number of hydrogen-bond donors (Lipinski definition) is 1. The van der Waals surface area contributed by atoms with Crippen LogP contribution in [0.2, 0.25) is 0 Å². The minimum absolute atomic E-state index is 0.0820. The Hall–Kier alpha value is 0.250. The molecule has 1 spiro atoms. The van der Waals surface area contributed by atoms with Crippen LogP contribution in [0.15, 0.2) is 0 Å². The summed E-state index contributed by atoms with van der Waals surface area (Å²) in [5.74, 6) is 2.68. The zero-order valence-corrected chi connectivity index (χ0v) is 12.5. The van der Waals surface area contributed by atoms with Crippen LogP contribution in [0.3, 0.4) is 0 Å². The van der Waals surface area contributed by atoms with Gasteiger partial charge in [-0.15, -0.1) is 0 Å². The van der Waals surface area contributed by atoms with Crippen molar-refractivity contribution >= 4 is 29.3 Å². The number of ether oxygens (including phenoxy) is 2. The number of aliphatic hydroxyl groups is 1. The van der Waals surface area contributed by atoms with E-state index in [-0.39, 0.29) is 17.6 Å². The zero-order chi connectivity index (χ0) is 13.3. The molecule has 3 atom stereocenters. The monoisotopic (exact) mass is 304 g/mol. The van der Waals surface area contributed by atoms with Crippen molar-refractivity contribution < 1.29 is 19.4 Å². The Balaban J connectivity index is 1.76. The maximum atomic E-state index is 12.0. The van der Waals surface area contributed by atoms with Crippen LogP contribution in [-0.2, 0) is 14.3 Å². The van der Waals surface area contributed by atoms with Crippen LogP contribution in [0, 0.1) is 11.8 Å². The van der Waals surface area contributed by atoms with Crippen molar-refractivity contribution in [2.45, 2.75) is 24.7 Å². The van der Waals surface area contributed by atoms with E-state index in [0.29, 0.717) is 19.6 Å². The van der Waals surface area contributed by atoms with Gasteiger partial charge in [-0.1, -0.05) is 0 Å². The summed E-state index contributed by atoms with van der Waals surface area (Å²) in [7, 11) is 0. The second-order valence-electron chi connectivity index (χ2n) is 5.33. The Bertz CT molecular complexity index is 344. The molecule has 3 saturated heterocycles. The predicted molar refractivity (Wildman–Crippen MR) is 76.5 cm³/mol. The number of aliphatic hydroxyl groups excluding tert-OH is 1. The number of thioether (sulfide) groups is 2. The highest BCUT2D eigenvalue weighted by atomic mass is 32.2. The average molecular weight is 304 g/mol. The second-order valence-corrected chi connectivity index (χ2v) is 7.63. The lowest BCUT2D eigenvalue weighted by molar-refractivity contribution is -0.217. The highest BCUT2D eigenvalue weighted by Crippen LogP contribution is 2.43. The Labute approximate surface area is 122 Å². The van der Waals surface area contributed by atoms with E-state index in [4.69, 9.17) is 9.47 Å². The van der Waals surface area contributed by atoms with Gasteiger partial charge in [0.2, 0.25) is 0 Å². The fraction of sp³-hybridized carbons (Fsp3) is 0.923. The quantitative estimate of drug-likeness (QED) is 0.826. The summed E-state index contributed by atoms with van der Waals surface area (Å²) < 4.78 is 11.7. The van der Waals surface area contributed by atoms with Crippen molar-refractivity contribution in [3.8, 4) is 0 Å². The second kappa shape index (κ2) is 5.93. The minimum Gasteiger partial charge on any atom is -0.392 e. The molecule has 3 fully saturated rings. The van der Waals surface area contributed by atoms with Gasteiger partial charge in [0.15, 0.2) is 5.79 Å². The number of hydrogen-bond acceptors (Lipinski definition) is 6. The molecule has 6 heteroatoms. The van der Waals surface area contributed by atoms with Crippen molar-refractivity contribution in [2.24, 2.45) is 11.8 Å². The standard InChI is InChI=1S/C13H20O4S2/c14-11-1-5-18-7-9(11)12(15)10-8-19-6-2-13(10)16-3-4-17-13/h9-10,12,15H,1-8H2/t9-,10-,12-/m0/s1. The first-order chi connectivity index (χ1) is 9.23. The van der Waals surface area contributed by atoms with Gasteiger partial charge in [-0.25, -0.2) is 0 Å². The molecule has 3 aliphatic heterocycles. The van der Waals surface area contributed by atoms with Gasteiger partial charge in [-0.3, -0.25) is 4.79 Å². The van der Waals surface area contributed by atoms with Crippen LogP contribution in [0.5, 0.6) is 0 Å². The van der Waals surface area contributed by atoms with E-state index >= 15 is 0 Å². The summed E-state index contributed by atoms with van der Waals surface area (Å²) in [5.41, 5.74) is 0. The number of ketones is 1. The first kappa shape index (κ1) is 14.2. The van der Waals surface area contributed by atoms with Gasteiger partial charge in [0, 0.05) is 36.0 Å². The first-order valence-corrected chi connectivity index (χ1v) is 9.18. The Morgan fingerprint density at radius 1 is 1.21 bits per heavy atom. The van der Waals surface area contributed by atoms with Crippen molar-refractivity contribution in [3.05, 3.63) is 0 Å². The summed E-state index contributed by atoms with van der Waals surface area (Å²) >= 11 is 3.58. The lowest BCUT2D eigenvalue weighted by Gasteiger charge is -2.43. The third-order valence-electron chi connectivity index (χ3n) is 4.26. The van der Waals surface area contributed by atoms with Gasteiger partial charge < -0.3 is 14.6 Å². The average Bonchev–Trinajstić information content (AvgIpc) is 2.88. The fourth-order valence-corrected chi connectivity index (χ4v) is 5.61. The number of rotatable bonds is 2. The van der Waals surface area contributed by atoms with Gasteiger partial charge in [0.25, 0.3) is 0 Å². The highest BCUT2D eigenvalue weighted by Gasteiger charge is 2.51. The summed E-state index contributed by atoms with van der Waals surface area (Å²) in [6.45, 7) is 1.20. The van der Waals surface area contributed by atoms with Gasteiger partial charge in [-0.05, 0) is 5.75 Å². The third-order valence-corrected chi connectivity index (χ3v) is 6.44. The molecule has 0 radical (unpaired) electrons. The normalized spacial score (nSPS) is 36.6. The van der Waals surface area contributed by atoms with E-state index in [0.717, 1.165) is 29.4 Å². The molecular weight excluding hydrogens is 284 g/mol. The molecular formula is C13H20O4S2. The fourth-order valence-electron chi connectivity index (χ4n) is 3.16. The summed E-state index contributed by atoms with van der Waals surface area (Å²) in [6.07, 6.45) is 0.764. The smallest absolute Gasteiger partial charge is 0.175 e. The minimum atomic E-state index is -0.633. The van der Waals surface area contributed by atoms with Gasteiger partial charge >= 0.3 is 0 Å². The molecule has 0 aromatic carbocycles. The summed E-state index contributed by atoms with van der Waals surface area (Å²) in [5, 5.41) is 10.7. The molecule has 0 saturated carbocycles. The van der Waals surface area contributed by atoms with Crippen molar-refractivity contribution in [2.75, 3.05) is 36.2 Å².